The van der Waals surface area contributed by atoms with Crippen molar-refractivity contribution in [3.05, 3.63) is 28.7 Å². The van der Waals surface area contributed by atoms with Gasteiger partial charge in [-0.2, -0.15) is 5.10 Å². The maximum Gasteiger partial charge on any atom is 0.146 e. The van der Waals surface area contributed by atoms with Crippen molar-refractivity contribution in [2.75, 3.05) is 19.8 Å². The Bertz CT molecular complexity index is 497. The summed E-state index contributed by atoms with van der Waals surface area (Å²) in [5, 5.41) is 7.27. The number of aryl methyl sites for hydroxylation is 1. The van der Waals surface area contributed by atoms with E-state index in [1.54, 1.807) is 17.7 Å². The van der Waals surface area contributed by atoms with Crippen molar-refractivity contribution < 1.29 is 4.74 Å². The largest absolute Gasteiger partial charge is 0.378 e. The molecule has 0 bridgehead atoms. The summed E-state index contributed by atoms with van der Waals surface area (Å²) < 4.78 is 7.38. The summed E-state index contributed by atoms with van der Waals surface area (Å²) in [5.41, 5.74) is 0. The Morgan fingerprint density at radius 3 is 3.17 bits per heavy atom. The lowest BCUT2D eigenvalue weighted by molar-refractivity contribution is -0.0172. The molecule has 0 radical (unpaired) electrons. The number of ether oxygens (including phenoxy) is 1. The first-order chi connectivity index (χ1) is 8.84. The highest BCUT2D eigenvalue weighted by Gasteiger charge is 2.28. The third-order valence-corrected chi connectivity index (χ3v) is 3.87. The molecular weight excluding hydrogens is 250 g/mol. The van der Waals surface area contributed by atoms with E-state index in [0.29, 0.717) is 6.61 Å². The van der Waals surface area contributed by atoms with Gasteiger partial charge in [0.05, 0.1) is 25.8 Å². The van der Waals surface area contributed by atoms with Crippen LogP contribution in [0.15, 0.2) is 17.9 Å². The number of thiazole rings is 1. The Balaban J connectivity index is 1.80. The molecule has 3 heterocycles. The SMILES string of the molecule is Cn1ncnc1C1COCCN1Cc1nccs1. The summed E-state index contributed by atoms with van der Waals surface area (Å²) in [6, 6.07) is 0.162. The first-order valence-corrected chi connectivity index (χ1v) is 6.76. The van der Waals surface area contributed by atoms with Crippen molar-refractivity contribution in [1.82, 2.24) is 24.6 Å². The predicted octanol–water partition coefficient (Wildman–Crippen LogP) is 0.845. The summed E-state index contributed by atoms with van der Waals surface area (Å²) in [7, 11) is 1.92. The van der Waals surface area contributed by atoms with Gasteiger partial charge >= 0.3 is 0 Å². The zero-order valence-electron chi connectivity index (χ0n) is 10.2. The fourth-order valence-electron chi connectivity index (χ4n) is 2.18. The molecule has 1 fully saturated rings. The van der Waals surface area contributed by atoms with E-state index >= 15 is 0 Å². The Kier molecular flexibility index (Phi) is 3.35. The molecule has 6 nitrogen and oxygen atoms in total. The van der Waals surface area contributed by atoms with E-state index in [4.69, 9.17) is 4.74 Å². The zero-order chi connectivity index (χ0) is 12.4. The van der Waals surface area contributed by atoms with E-state index in [9.17, 15) is 0 Å². The van der Waals surface area contributed by atoms with Gasteiger partial charge in [-0.05, 0) is 0 Å². The van der Waals surface area contributed by atoms with Gasteiger partial charge in [-0.15, -0.1) is 11.3 Å². The Morgan fingerprint density at radius 2 is 2.44 bits per heavy atom. The number of morpholine rings is 1. The van der Waals surface area contributed by atoms with Crippen LogP contribution in [-0.4, -0.2) is 44.4 Å². The smallest absolute Gasteiger partial charge is 0.146 e. The lowest BCUT2D eigenvalue weighted by Crippen LogP contribution is -2.40. The molecular formula is C11H15N5OS. The average Bonchev–Trinajstić information content (AvgIpc) is 3.02. The number of hydrogen-bond donors (Lipinski definition) is 0. The number of aromatic nitrogens is 4. The van der Waals surface area contributed by atoms with Gasteiger partial charge in [-0.1, -0.05) is 0 Å². The van der Waals surface area contributed by atoms with E-state index in [1.807, 2.05) is 23.3 Å². The maximum atomic E-state index is 5.57. The van der Waals surface area contributed by atoms with Crippen molar-refractivity contribution >= 4 is 11.3 Å². The van der Waals surface area contributed by atoms with E-state index < -0.39 is 0 Å². The van der Waals surface area contributed by atoms with Crippen LogP contribution in [0, 0.1) is 0 Å². The second-order valence-electron chi connectivity index (χ2n) is 4.23. The van der Waals surface area contributed by atoms with E-state index in [1.165, 1.54) is 0 Å². The Labute approximate surface area is 109 Å². The number of hydrogen-bond acceptors (Lipinski definition) is 6. The fourth-order valence-corrected chi connectivity index (χ4v) is 2.82. The molecule has 1 atom stereocenters. The second kappa shape index (κ2) is 5.13. The van der Waals surface area contributed by atoms with Crippen LogP contribution >= 0.6 is 11.3 Å². The minimum Gasteiger partial charge on any atom is -0.378 e. The zero-order valence-corrected chi connectivity index (χ0v) is 11.0. The van der Waals surface area contributed by atoms with Crippen LogP contribution < -0.4 is 0 Å². The minimum atomic E-state index is 0.162. The average molecular weight is 265 g/mol. The summed E-state index contributed by atoms with van der Waals surface area (Å²) in [4.78, 5) is 11.0. The molecule has 1 saturated heterocycles. The molecule has 0 aliphatic carbocycles. The molecule has 2 aromatic rings. The van der Waals surface area contributed by atoms with Crippen LogP contribution in [-0.2, 0) is 18.3 Å². The first kappa shape index (κ1) is 11.8. The molecule has 1 unspecified atom stereocenters. The highest BCUT2D eigenvalue weighted by molar-refractivity contribution is 7.09. The van der Waals surface area contributed by atoms with Crippen LogP contribution in [0.4, 0.5) is 0 Å². The predicted molar refractivity (Wildman–Crippen MR) is 67.1 cm³/mol. The molecule has 3 rings (SSSR count). The van der Waals surface area contributed by atoms with Crippen molar-refractivity contribution in [3.63, 3.8) is 0 Å². The van der Waals surface area contributed by atoms with E-state index in [0.717, 1.165) is 30.5 Å². The normalized spacial score (nSPS) is 21.3. The van der Waals surface area contributed by atoms with Gasteiger partial charge in [0.25, 0.3) is 0 Å². The Hall–Kier alpha value is -1.31. The molecule has 0 saturated carbocycles. The van der Waals surface area contributed by atoms with Crippen LogP contribution in [0.1, 0.15) is 16.9 Å². The van der Waals surface area contributed by atoms with Crippen LogP contribution in [0.2, 0.25) is 0 Å². The van der Waals surface area contributed by atoms with Crippen molar-refractivity contribution in [3.8, 4) is 0 Å². The molecule has 0 N–H and O–H groups in total. The highest BCUT2D eigenvalue weighted by atomic mass is 32.1. The fraction of sp³-hybridized carbons (Fsp3) is 0.545. The standard InChI is InChI=1S/C11H15N5OS/c1-15-11(13-8-14-15)9-7-17-4-3-16(9)6-10-12-2-5-18-10/h2,5,8-9H,3-4,6-7H2,1H3. The third kappa shape index (κ3) is 2.29. The van der Waals surface area contributed by atoms with Gasteiger partial charge in [0.1, 0.15) is 17.2 Å². The van der Waals surface area contributed by atoms with Gasteiger partial charge < -0.3 is 4.74 Å². The quantitative estimate of drug-likeness (QED) is 0.823. The molecule has 18 heavy (non-hydrogen) atoms. The van der Waals surface area contributed by atoms with Gasteiger partial charge in [0.2, 0.25) is 0 Å². The first-order valence-electron chi connectivity index (χ1n) is 5.88. The highest BCUT2D eigenvalue weighted by Crippen LogP contribution is 2.24. The topological polar surface area (TPSA) is 56.1 Å². The molecule has 0 aromatic carbocycles. The molecule has 0 spiro atoms. The van der Waals surface area contributed by atoms with Gasteiger partial charge in [0, 0.05) is 25.2 Å². The summed E-state index contributed by atoms with van der Waals surface area (Å²) in [6.45, 7) is 3.17. The number of nitrogens with zero attached hydrogens (tertiary/aromatic N) is 5. The summed E-state index contributed by atoms with van der Waals surface area (Å²) in [5.74, 6) is 0.950. The van der Waals surface area contributed by atoms with E-state index in [2.05, 4.69) is 20.0 Å². The monoisotopic (exact) mass is 265 g/mol. The van der Waals surface area contributed by atoms with Gasteiger partial charge in [-0.25, -0.2) is 9.97 Å². The van der Waals surface area contributed by atoms with Crippen molar-refractivity contribution in [2.24, 2.45) is 7.05 Å². The lowest BCUT2D eigenvalue weighted by Gasteiger charge is -2.34. The van der Waals surface area contributed by atoms with Crippen molar-refractivity contribution in [2.45, 2.75) is 12.6 Å². The van der Waals surface area contributed by atoms with Gasteiger partial charge in [-0.3, -0.25) is 9.58 Å². The van der Waals surface area contributed by atoms with E-state index in [-0.39, 0.29) is 6.04 Å². The molecule has 1 aliphatic rings. The molecule has 7 heteroatoms. The second-order valence-corrected chi connectivity index (χ2v) is 5.21. The minimum absolute atomic E-state index is 0.162. The molecule has 0 amide bonds. The molecule has 2 aromatic heterocycles. The van der Waals surface area contributed by atoms with Crippen LogP contribution in [0.5, 0.6) is 0 Å². The van der Waals surface area contributed by atoms with Crippen molar-refractivity contribution in [1.29, 1.82) is 0 Å². The number of rotatable bonds is 3. The van der Waals surface area contributed by atoms with Gasteiger partial charge in [0.15, 0.2) is 0 Å². The molecule has 96 valence electrons. The lowest BCUT2D eigenvalue weighted by atomic mass is 10.2. The maximum absolute atomic E-state index is 5.57. The summed E-state index contributed by atoms with van der Waals surface area (Å²) >= 11 is 1.68. The third-order valence-electron chi connectivity index (χ3n) is 3.11. The van der Waals surface area contributed by atoms with Crippen LogP contribution in [0.3, 0.4) is 0 Å². The molecule has 1 aliphatic heterocycles. The van der Waals surface area contributed by atoms with Crippen LogP contribution in [0.25, 0.3) is 0 Å². The Morgan fingerprint density at radius 1 is 1.50 bits per heavy atom. The summed E-state index contributed by atoms with van der Waals surface area (Å²) in [6.07, 6.45) is 3.43.